The highest BCUT2D eigenvalue weighted by atomic mass is 32.4. The first-order valence-electron chi connectivity index (χ1n) is 4.53. The average Bonchev–Trinajstić information content (AvgIpc) is 2.16. The van der Waals surface area contributed by atoms with Crippen LogP contribution in [0.25, 0.3) is 0 Å². The van der Waals surface area contributed by atoms with E-state index in [1.807, 2.05) is 0 Å². The molecule has 0 fully saturated rings. The van der Waals surface area contributed by atoms with Crippen LogP contribution < -0.4 is 10.8 Å². The second kappa shape index (κ2) is 10.7. The molecule has 0 amide bonds. The molecular weight excluding hydrogens is 287 g/mol. The van der Waals surface area contributed by atoms with E-state index in [1.54, 1.807) is 0 Å². The van der Waals surface area contributed by atoms with Gasteiger partial charge in [-0.1, -0.05) is 33.2 Å². The Kier molecular flexibility index (Phi) is 11.8. The molecule has 5 atom stereocenters. The standard InChI is InChI=1S/C6H19N2O2P5/c7-5(6(9)10-15(12)13)3-1-2-4-8-14-11/h5,8,14H,1-4,7,11-13H2. The van der Waals surface area contributed by atoms with Crippen molar-refractivity contribution in [3.05, 3.63) is 0 Å². The van der Waals surface area contributed by atoms with Gasteiger partial charge in [0.15, 0.2) is 0 Å². The molecule has 0 aliphatic carbocycles. The van der Waals surface area contributed by atoms with E-state index in [1.165, 1.54) is 0 Å². The second-order valence-electron chi connectivity index (χ2n) is 2.94. The fraction of sp³-hybridized carbons (Fsp3) is 0.833. The van der Waals surface area contributed by atoms with Crippen LogP contribution in [0.5, 0.6) is 0 Å². The van der Waals surface area contributed by atoms with E-state index >= 15 is 0 Å². The molecule has 5 unspecified atom stereocenters. The van der Waals surface area contributed by atoms with Crippen LogP contribution in [-0.4, -0.2) is 18.6 Å². The molecule has 0 aromatic rings. The maximum Gasteiger partial charge on any atom is 0.326 e. The van der Waals surface area contributed by atoms with Gasteiger partial charge in [-0.05, 0) is 27.8 Å². The summed E-state index contributed by atoms with van der Waals surface area (Å²) in [6, 6.07) is -0.477. The number of carbonyl (C=O) groups excluding carboxylic acids is 1. The highest BCUT2D eigenvalue weighted by Gasteiger charge is 2.15. The quantitative estimate of drug-likeness (QED) is 0.531. The predicted molar refractivity (Wildman–Crippen MR) is 80.3 cm³/mol. The predicted octanol–water partition coefficient (Wildman–Crippen LogP) is 1.98. The molecule has 0 rings (SSSR count). The Balaban J connectivity index is 3.47. The van der Waals surface area contributed by atoms with Gasteiger partial charge in [-0.25, -0.2) is 0 Å². The largest absolute Gasteiger partial charge is 0.436 e. The van der Waals surface area contributed by atoms with Crippen LogP contribution in [0.3, 0.4) is 0 Å². The Hall–Kier alpha value is 1.54. The average molecular weight is 306 g/mol. The van der Waals surface area contributed by atoms with Gasteiger partial charge in [0.05, 0.1) is 0 Å². The van der Waals surface area contributed by atoms with E-state index in [2.05, 4.69) is 31.9 Å². The lowest BCUT2D eigenvalue weighted by atomic mass is 10.1. The van der Waals surface area contributed by atoms with Gasteiger partial charge < -0.3 is 10.3 Å². The summed E-state index contributed by atoms with van der Waals surface area (Å²) < 4.78 is 5.00. The number of rotatable bonds is 8. The Morgan fingerprint density at radius 1 is 1.53 bits per heavy atom. The molecule has 9 heteroatoms. The van der Waals surface area contributed by atoms with Crippen molar-refractivity contribution in [2.24, 2.45) is 5.73 Å². The van der Waals surface area contributed by atoms with Crippen molar-refractivity contribution < 1.29 is 9.32 Å². The van der Waals surface area contributed by atoms with Crippen LogP contribution in [0.15, 0.2) is 0 Å². The Bertz CT molecular complexity index is 183. The molecule has 0 radical (unpaired) electrons. The van der Waals surface area contributed by atoms with Crippen molar-refractivity contribution in [2.75, 3.05) is 6.54 Å². The molecule has 15 heavy (non-hydrogen) atoms. The monoisotopic (exact) mass is 306 g/mol. The van der Waals surface area contributed by atoms with Crippen LogP contribution in [0.1, 0.15) is 19.3 Å². The van der Waals surface area contributed by atoms with Gasteiger partial charge in [0.25, 0.3) is 0 Å². The number of hydrogen-bond donors (Lipinski definition) is 2. The van der Waals surface area contributed by atoms with Crippen LogP contribution >= 0.6 is 42.7 Å². The van der Waals surface area contributed by atoms with Crippen LogP contribution in [0, 0.1) is 0 Å². The SMILES string of the molecule is NC(CCCCNPP)C(=O)OP(P)P. The molecule has 3 N–H and O–H groups in total. The number of unbranched alkanes of at least 4 members (excludes halogenated alkanes) is 1. The summed E-state index contributed by atoms with van der Waals surface area (Å²) in [7, 11) is 7.40. The Morgan fingerprint density at radius 2 is 2.20 bits per heavy atom. The molecule has 0 saturated carbocycles. The number of nitrogens with one attached hydrogen (secondary N) is 1. The minimum Gasteiger partial charge on any atom is -0.436 e. The van der Waals surface area contributed by atoms with Gasteiger partial charge in [-0.15, -0.1) is 0 Å². The zero-order valence-corrected chi connectivity index (χ0v) is 13.8. The molecule has 90 valence electrons. The van der Waals surface area contributed by atoms with Crippen molar-refractivity contribution in [2.45, 2.75) is 25.3 Å². The maximum atomic E-state index is 11.3. The lowest BCUT2D eigenvalue weighted by Gasteiger charge is -2.12. The Morgan fingerprint density at radius 3 is 2.73 bits per heavy atom. The van der Waals surface area contributed by atoms with Gasteiger partial charge in [-0.2, -0.15) is 0 Å². The normalized spacial score (nSPS) is 13.7. The van der Waals surface area contributed by atoms with Crippen molar-refractivity contribution in [1.82, 2.24) is 5.09 Å². The maximum absolute atomic E-state index is 11.3. The first kappa shape index (κ1) is 16.5. The van der Waals surface area contributed by atoms with Gasteiger partial charge in [0, 0.05) is 0 Å². The summed E-state index contributed by atoms with van der Waals surface area (Å²) >= 11 is 0. The summed E-state index contributed by atoms with van der Waals surface area (Å²) in [5.41, 5.74) is 5.67. The van der Waals surface area contributed by atoms with E-state index in [-0.39, 0.29) is 5.97 Å². The zero-order chi connectivity index (χ0) is 11.7. The number of nitrogens with two attached hydrogens (primary N) is 1. The number of hydrogen-bond acceptors (Lipinski definition) is 4. The first-order valence-corrected chi connectivity index (χ1v) is 11.8. The van der Waals surface area contributed by atoms with E-state index in [0.29, 0.717) is 14.8 Å². The Labute approximate surface area is 101 Å². The minimum absolute atomic E-state index is 0.299. The third-order valence-electron chi connectivity index (χ3n) is 1.67. The molecule has 0 aromatic carbocycles. The summed E-state index contributed by atoms with van der Waals surface area (Å²) in [5, 5.41) is 3.21. The highest BCUT2D eigenvalue weighted by molar-refractivity contribution is 8.41. The second-order valence-corrected chi connectivity index (χ2v) is 10.2. The molecular formula is C6H19N2O2P5. The molecule has 4 nitrogen and oxygen atoms in total. The van der Waals surface area contributed by atoms with Crippen molar-refractivity contribution in [3.63, 3.8) is 0 Å². The summed E-state index contributed by atoms with van der Waals surface area (Å²) in [4.78, 5) is 11.3. The third kappa shape index (κ3) is 10.4. The van der Waals surface area contributed by atoms with Crippen molar-refractivity contribution in [1.29, 1.82) is 0 Å². The van der Waals surface area contributed by atoms with E-state index in [0.717, 1.165) is 19.4 Å². The lowest BCUT2D eigenvalue weighted by Crippen LogP contribution is -2.30. The molecule has 0 saturated heterocycles. The topological polar surface area (TPSA) is 64.3 Å². The smallest absolute Gasteiger partial charge is 0.326 e. The van der Waals surface area contributed by atoms with Crippen LogP contribution in [0.4, 0.5) is 0 Å². The van der Waals surface area contributed by atoms with Gasteiger partial charge in [0.1, 0.15) is 13.6 Å². The summed E-state index contributed by atoms with van der Waals surface area (Å²) in [5.74, 6) is -0.299. The zero-order valence-electron chi connectivity index (χ0n) is 8.48. The molecule has 0 aliphatic rings. The fourth-order valence-corrected chi connectivity index (χ4v) is 2.66. The van der Waals surface area contributed by atoms with Gasteiger partial charge >= 0.3 is 5.97 Å². The molecule has 0 aromatic heterocycles. The van der Waals surface area contributed by atoms with Crippen LogP contribution in [0.2, 0.25) is 0 Å². The highest BCUT2D eigenvalue weighted by Crippen LogP contribution is 2.53. The van der Waals surface area contributed by atoms with Gasteiger partial charge in [-0.3, -0.25) is 9.88 Å². The van der Waals surface area contributed by atoms with E-state index in [4.69, 9.17) is 10.3 Å². The molecule has 0 heterocycles. The fourth-order valence-electron chi connectivity index (χ4n) is 0.939. The number of carbonyl (C=O) groups is 1. The minimum atomic E-state index is -0.807. The van der Waals surface area contributed by atoms with E-state index in [9.17, 15) is 4.79 Å². The first-order chi connectivity index (χ1) is 7.07. The lowest BCUT2D eigenvalue weighted by molar-refractivity contribution is -0.135. The molecule has 0 spiro atoms. The molecule has 0 bridgehead atoms. The summed E-state index contributed by atoms with van der Waals surface area (Å²) in [6.45, 7) is 0.976. The van der Waals surface area contributed by atoms with Crippen molar-refractivity contribution >= 4 is 48.7 Å². The van der Waals surface area contributed by atoms with Crippen molar-refractivity contribution in [3.8, 4) is 0 Å². The van der Waals surface area contributed by atoms with Crippen LogP contribution in [-0.2, 0) is 9.32 Å². The third-order valence-corrected chi connectivity index (χ3v) is 3.76. The molecule has 0 aliphatic heterocycles. The summed E-state index contributed by atoms with van der Waals surface area (Å²) in [6.07, 6.45) is 2.68. The van der Waals surface area contributed by atoms with E-state index < -0.39 is 13.6 Å². The van der Waals surface area contributed by atoms with Gasteiger partial charge in [0.2, 0.25) is 0 Å².